The molecule has 1 heterocycles. The Balaban J connectivity index is 1.78. The molecular formula is C26H20N2. The summed E-state index contributed by atoms with van der Waals surface area (Å²) in [5, 5.41) is 3.48. The molecule has 2 heteroatoms. The van der Waals surface area contributed by atoms with Crippen molar-refractivity contribution in [2.24, 2.45) is 0 Å². The molecule has 0 fully saturated rings. The molecule has 28 heavy (non-hydrogen) atoms. The summed E-state index contributed by atoms with van der Waals surface area (Å²) in [6.07, 6.45) is 0.810. The van der Waals surface area contributed by atoms with Crippen molar-refractivity contribution >= 4 is 21.7 Å². The highest BCUT2D eigenvalue weighted by molar-refractivity contribution is 6.09. The maximum atomic E-state index is 4.92. The molecule has 0 unspecified atom stereocenters. The Kier molecular flexibility index (Phi) is 4.10. The van der Waals surface area contributed by atoms with Gasteiger partial charge in [-0.25, -0.2) is 9.97 Å². The molecule has 0 spiro atoms. The van der Waals surface area contributed by atoms with E-state index in [2.05, 4.69) is 91.9 Å². The lowest BCUT2D eigenvalue weighted by atomic mass is 9.98. The van der Waals surface area contributed by atoms with E-state index in [0.29, 0.717) is 0 Å². The van der Waals surface area contributed by atoms with Crippen LogP contribution in [0.25, 0.3) is 44.1 Å². The second-order valence-electron chi connectivity index (χ2n) is 6.97. The summed E-state index contributed by atoms with van der Waals surface area (Å²) >= 11 is 0. The second kappa shape index (κ2) is 6.90. The van der Waals surface area contributed by atoms with Crippen LogP contribution in [0.5, 0.6) is 0 Å². The molecule has 0 aliphatic heterocycles. The summed E-state index contributed by atoms with van der Waals surface area (Å²) in [6.45, 7) is 2.11. The molecule has 0 saturated carbocycles. The van der Waals surface area contributed by atoms with Crippen LogP contribution in [0.1, 0.15) is 12.7 Å². The monoisotopic (exact) mass is 360 g/mol. The Morgan fingerprint density at radius 1 is 0.607 bits per heavy atom. The topological polar surface area (TPSA) is 25.8 Å². The van der Waals surface area contributed by atoms with Gasteiger partial charge in [0.25, 0.3) is 0 Å². The highest BCUT2D eigenvalue weighted by atomic mass is 14.9. The van der Waals surface area contributed by atoms with Crippen LogP contribution < -0.4 is 0 Å². The molecule has 0 aliphatic carbocycles. The molecule has 134 valence electrons. The van der Waals surface area contributed by atoms with Gasteiger partial charge in [0.15, 0.2) is 0 Å². The quantitative estimate of drug-likeness (QED) is 0.335. The van der Waals surface area contributed by atoms with Crippen LogP contribution in [0.2, 0.25) is 0 Å². The molecule has 0 aliphatic rings. The molecule has 4 aromatic carbocycles. The van der Waals surface area contributed by atoms with Crippen LogP contribution in [0, 0.1) is 0 Å². The van der Waals surface area contributed by atoms with E-state index in [-0.39, 0.29) is 0 Å². The van der Waals surface area contributed by atoms with Crippen molar-refractivity contribution in [3.63, 3.8) is 0 Å². The first-order valence-corrected chi connectivity index (χ1v) is 9.68. The van der Waals surface area contributed by atoms with Gasteiger partial charge >= 0.3 is 0 Å². The largest absolute Gasteiger partial charge is 0.232 e. The van der Waals surface area contributed by atoms with Gasteiger partial charge in [-0.05, 0) is 28.6 Å². The van der Waals surface area contributed by atoms with Crippen LogP contribution in [-0.4, -0.2) is 9.97 Å². The van der Waals surface area contributed by atoms with Crippen molar-refractivity contribution in [3.8, 4) is 22.4 Å². The lowest BCUT2D eigenvalue weighted by Crippen LogP contribution is -1.98. The Morgan fingerprint density at radius 3 is 2.21 bits per heavy atom. The maximum absolute atomic E-state index is 4.92. The highest BCUT2D eigenvalue weighted by Crippen LogP contribution is 2.33. The standard InChI is InChI=1S/C26H20N2/c1-2-24-27-25(21-13-8-12-20(17-21)18-9-4-3-5-10-18)23-16-15-19-11-6-7-14-22(19)26(23)28-24/h3-17H,2H2,1H3. The summed E-state index contributed by atoms with van der Waals surface area (Å²) in [4.78, 5) is 9.80. The normalized spacial score (nSPS) is 11.2. The van der Waals surface area contributed by atoms with Crippen LogP contribution in [0.4, 0.5) is 0 Å². The lowest BCUT2D eigenvalue weighted by molar-refractivity contribution is 0.965. The zero-order valence-electron chi connectivity index (χ0n) is 15.8. The van der Waals surface area contributed by atoms with E-state index in [1.54, 1.807) is 0 Å². The van der Waals surface area contributed by atoms with E-state index < -0.39 is 0 Å². The first kappa shape index (κ1) is 16.6. The molecule has 0 N–H and O–H groups in total. The zero-order chi connectivity index (χ0) is 18.9. The zero-order valence-corrected chi connectivity index (χ0v) is 15.8. The SMILES string of the molecule is CCc1nc(-c2cccc(-c3ccccc3)c2)c2ccc3ccccc3c2n1. The number of hydrogen-bond donors (Lipinski definition) is 0. The van der Waals surface area contributed by atoms with Gasteiger partial charge in [-0.2, -0.15) is 0 Å². The van der Waals surface area contributed by atoms with Crippen LogP contribution >= 0.6 is 0 Å². The third-order valence-electron chi connectivity index (χ3n) is 5.20. The first-order chi connectivity index (χ1) is 13.8. The number of nitrogens with zero attached hydrogens (tertiary/aromatic N) is 2. The molecule has 0 radical (unpaired) electrons. The fourth-order valence-corrected chi connectivity index (χ4v) is 3.76. The smallest absolute Gasteiger partial charge is 0.129 e. The van der Waals surface area contributed by atoms with Crippen LogP contribution in [0.3, 0.4) is 0 Å². The number of benzene rings is 4. The third-order valence-corrected chi connectivity index (χ3v) is 5.20. The van der Waals surface area contributed by atoms with Crippen molar-refractivity contribution in [2.75, 3.05) is 0 Å². The molecule has 0 atom stereocenters. The predicted octanol–water partition coefficient (Wildman–Crippen LogP) is 6.68. The summed E-state index contributed by atoms with van der Waals surface area (Å²) < 4.78 is 0. The van der Waals surface area contributed by atoms with Crippen LogP contribution in [0.15, 0.2) is 91.0 Å². The van der Waals surface area contributed by atoms with Crippen molar-refractivity contribution in [1.82, 2.24) is 9.97 Å². The first-order valence-electron chi connectivity index (χ1n) is 9.68. The minimum absolute atomic E-state index is 0.810. The third kappa shape index (κ3) is 2.84. The van der Waals surface area contributed by atoms with Crippen molar-refractivity contribution in [3.05, 3.63) is 96.8 Å². The number of aromatic nitrogens is 2. The molecular weight excluding hydrogens is 340 g/mol. The maximum Gasteiger partial charge on any atom is 0.129 e. The Hall–Kier alpha value is -3.52. The van der Waals surface area contributed by atoms with Gasteiger partial charge in [-0.1, -0.05) is 85.8 Å². The second-order valence-corrected chi connectivity index (χ2v) is 6.97. The van der Waals surface area contributed by atoms with Gasteiger partial charge in [0.05, 0.1) is 11.2 Å². The van der Waals surface area contributed by atoms with E-state index in [1.807, 2.05) is 6.07 Å². The van der Waals surface area contributed by atoms with Crippen LogP contribution in [-0.2, 0) is 6.42 Å². The van der Waals surface area contributed by atoms with Gasteiger partial charge in [0.1, 0.15) is 5.82 Å². The van der Waals surface area contributed by atoms with E-state index in [1.165, 1.54) is 21.9 Å². The van der Waals surface area contributed by atoms with Gasteiger partial charge in [0.2, 0.25) is 0 Å². The average Bonchev–Trinajstić information content (AvgIpc) is 2.79. The lowest BCUT2D eigenvalue weighted by Gasteiger charge is -2.11. The van der Waals surface area contributed by atoms with Gasteiger partial charge in [-0.15, -0.1) is 0 Å². The van der Waals surface area contributed by atoms with E-state index in [0.717, 1.165) is 34.4 Å². The summed E-state index contributed by atoms with van der Waals surface area (Å²) in [5.74, 6) is 0.879. The summed E-state index contributed by atoms with van der Waals surface area (Å²) in [7, 11) is 0. The average molecular weight is 360 g/mol. The fraction of sp³-hybridized carbons (Fsp3) is 0.0769. The van der Waals surface area contributed by atoms with Gasteiger partial charge in [0, 0.05) is 22.8 Å². The predicted molar refractivity (Wildman–Crippen MR) is 117 cm³/mol. The van der Waals surface area contributed by atoms with Gasteiger partial charge in [-0.3, -0.25) is 0 Å². The molecule has 0 saturated heterocycles. The molecule has 2 nitrogen and oxygen atoms in total. The fourth-order valence-electron chi connectivity index (χ4n) is 3.76. The van der Waals surface area contributed by atoms with E-state index in [9.17, 15) is 0 Å². The van der Waals surface area contributed by atoms with Crippen molar-refractivity contribution in [2.45, 2.75) is 13.3 Å². The summed E-state index contributed by atoms with van der Waals surface area (Å²) in [5.41, 5.74) is 5.57. The van der Waals surface area contributed by atoms with E-state index in [4.69, 9.17) is 9.97 Å². The van der Waals surface area contributed by atoms with Gasteiger partial charge < -0.3 is 0 Å². The molecule has 0 bridgehead atoms. The van der Waals surface area contributed by atoms with Crippen molar-refractivity contribution < 1.29 is 0 Å². The Bertz CT molecular complexity index is 1290. The minimum Gasteiger partial charge on any atom is -0.232 e. The highest BCUT2D eigenvalue weighted by Gasteiger charge is 2.12. The molecule has 5 rings (SSSR count). The number of rotatable bonds is 3. The molecule has 1 aromatic heterocycles. The minimum atomic E-state index is 0.810. The van der Waals surface area contributed by atoms with Crippen molar-refractivity contribution in [1.29, 1.82) is 0 Å². The Morgan fingerprint density at radius 2 is 1.36 bits per heavy atom. The number of fused-ring (bicyclic) bond motifs is 3. The molecule has 5 aromatic rings. The summed E-state index contributed by atoms with van der Waals surface area (Å²) in [6, 6.07) is 31.9. The van der Waals surface area contributed by atoms with E-state index >= 15 is 0 Å². The number of aryl methyl sites for hydroxylation is 1. The number of hydrogen-bond acceptors (Lipinski definition) is 2. The Labute approximate surface area is 164 Å². The molecule has 0 amide bonds.